The molecule has 1 aliphatic rings. The number of anilines is 2. The zero-order chi connectivity index (χ0) is 11.5. The summed E-state index contributed by atoms with van der Waals surface area (Å²) in [5.41, 5.74) is 7.39. The molecule has 0 saturated carbocycles. The minimum atomic E-state index is 0.112. The molecule has 2 unspecified atom stereocenters. The molecule has 4 heteroatoms. The van der Waals surface area contributed by atoms with Gasteiger partial charge in [-0.3, -0.25) is 0 Å². The van der Waals surface area contributed by atoms with E-state index in [0.717, 1.165) is 24.2 Å². The maximum atomic E-state index is 9.32. The molecule has 0 amide bonds. The van der Waals surface area contributed by atoms with Crippen molar-refractivity contribution in [2.45, 2.75) is 24.9 Å². The summed E-state index contributed by atoms with van der Waals surface area (Å²) in [6.45, 7) is 0.252. The summed E-state index contributed by atoms with van der Waals surface area (Å²) in [5, 5.41) is 18.6. The number of aliphatic hydroxyl groups excluding tert-OH is 2. The molecular formula is C12H18N2O2. The van der Waals surface area contributed by atoms with Crippen LogP contribution in [0.2, 0.25) is 0 Å². The Morgan fingerprint density at radius 2 is 1.56 bits per heavy atom. The van der Waals surface area contributed by atoms with E-state index in [9.17, 15) is 10.2 Å². The fourth-order valence-electron chi connectivity index (χ4n) is 2.39. The predicted octanol–water partition coefficient (Wildman–Crippen LogP) is 0.591. The summed E-state index contributed by atoms with van der Waals surface area (Å²) in [6.07, 6.45) is 1.85. The van der Waals surface area contributed by atoms with Crippen LogP contribution in [-0.4, -0.2) is 35.5 Å². The zero-order valence-electron chi connectivity index (χ0n) is 9.21. The maximum Gasteiger partial charge on any atom is 0.0635 e. The van der Waals surface area contributed by atoms with E-state index in [0.29, 0.717) is 0 Å². The Labute approximate surface area is 95.3 Å². The zero-order valence-corrected chi connectivity index (χ0v) is 9.21. The second-order valence-corrected chi connectivity index (χ2v) is 4.25. The van der Waals surface area contributed by atoms with Gasteiger partial charge in [0.15, 0.2) is 0 Å². The molecule has 2 rings (SSSR count). The standard InChI is InChI=1S/C12H18N2O2/c13-9-1-3-10(4-2-9)14-11(7-15)5-6-12(14)8-16/h1-4,11-12,15-16H,5-8,13H2. The molecular weight excluding hydrogens is 204 g/mol. The Kier molecular flexibility index (Phi) is 3.31. The van der Waals surface area contributed by atoms with Crippen molar-refractivity contribution in [2.24, 2.45) is 0 Å². The number of rotatable bonds is 3. The Morgan fingerprint density at radius 1 is 1.06 bits per heavy atom. The fourth-order valence-corrected chi connectivity index (χ4v) is 2.39. The maximum absolute atomic E-state index is 9.32. The third kappa shape index (κ3) is 1.99. The van der Waals surface area contributed by atoms with Crippen LogP contribution in [-0.2, 0) is 0 Å². The quantitative estimate of drug-likeness (QED) is 0.655. The van der Waals surface area contributed by atoms with Gasteiger partial charge in [-0.2, -0.15) is 0 Å². The summed E-state index contributed by atoms with van der Waals surface area (Å²) in [7, 11) is 0. The first-order chi connectivity index (χ1) is 7.76. The number of nitrogens with two attached hydrogens (primary N) is 1. The molecule has 1 saturated heterocycles. The molecule has 4 nitrogen and oxygen atoms in total. The van der Waals surface area contributed by atoms with E-state index in [-0.39, 0.29) is 25.3 Å². The Bertz CT molecular complexity index is 327. The van der Waals surface area contributed by atoms with Gasteiger partial charge in [-0.25, -0.2) is 0 Å². The van der Waals surface area contributed by atoms with Crippen LogP contribution in [0.4, 0.5) is 11.4 Å². The second-order valence-electron chi connectivity index (χ2n) is 4.25. The van der Waals surface area contributed by atoms with E-state index in [4.69, 9.17) is 5.73 Å². The predicted molar refractivity (Wildman–Crippen MR) is 64.3 cm³/mol. The van der Waals surface area contributed by atoms with Gasteiger partial charge in [0.05, 0.1) is 25.3 Å². The highest BCUT2D eigenvalue weighted by molar-refractivity contribution is 5.55. The van der Waals surface area contributed by atoms with Crippen LogP contribution in [0.3, 0.4) is 0 Å². The summed E-state index contributed by atoms with van der Waals surface area (Å²) in [5.74, 6) is 0. The van der Waals surface area contributed by atoms with Gasteiger partial charge in [0, 0.05) is 11.4 Å². The molecule has 1 aromatic rings. The third-order valence-electron chi connectivity index (χ3n) is 3.23. The van der Waals surface area contributed by atoms with Gasteiger partial charge in [0.2, 0.25) is 0 Å². The van der Waals surface area contributed by atoms with Gasteiger partial charge < -0.3 is 20.8 Å². The molecule has 16 heavy (non-hydrogen) atoms. The van der Waals surface area contributed by atoms with Crippen molar-refractivity contribution in [1.29, 1.82) is 0 Å². The lowest BCUT2D eigenvalue weighted by atomic mass is 10.2. The summed E-state index contributed by atoms with van der Waals surface area (Å²) < 4.78 is 0. The lowest BCUT2D eigenvalue weighted by Crippen LogP contribution is -2.40. The lowest BCUT2D eigenvalue weighted by molar-refractivity contribution is 0.248. The molecule has 0 radical (unpaired) electrons. The highest BCUT2D eigenvalue weighted by Gasteiger charge is 2.32. The summed E-state index contributed by atoms with van der Waals surface area (Å²) in [6, 6.07) is 7.78. The SMILES string of the molecule is Nc1ccc(N2C(CO)CCC2CO)cc1. The first-order valence-electron chi connectivity index (χ1n) is 5.62. The number of hydrogen-bond donors (Lipinski definition) is 3. The van der Waals surface area contributed by atoms with Crippen molar-refractivity contribution in [2.75, 3.05) is 23.8 Å². The van der Waals surface area contributed by atoms with Crippen molar-refractivity contribution in [1.82, 2.24) is 0 Å². The molecule has 0 spiro atoms. The van der Waals surface area contributed by atoms with Gasteiger partial charge in [-0.1, -0.05) is 0 Å². The van der Waals surface area contributed by atoms with Gasteiger partial charge >= 0.3 is 0 Å². The molecule has 0 aliphatic carbocycles. The fraction of sp³-hybridized carbons (Fsp3) is 0.500. The third-order valence-corrected chi connectivity index (χ3v) is 3.23. The Hall–Kier alpha value is -1.26. The molecule has 1 aliphatic heterocycles. The van der Waals surface area contributed by atoms with Crippen molar-refractivity contribution in [3.8, 4) is 0 Å². The number of aliphatic hydroxyl groups is 2. The van der Waals surface area contributed by atoms with Crippen LogP contribution in [0.5, 0.6) is 0 Å². The van der Waals surface area contributed by atoms with Gasteiger partial charge in [-0.15, -0.1) is 0 Å². The van der Waals surface area contributed by atoms with Gasteiger partial charge in [0.1, 0.15) is 0 Å². The monoisotopic (exact) mass is 222 g/mol. The van der Waals surface area contributed by atoms with Gasteiger partial charge in [0.25, 0.3) is 0 Å². The van der Waals surface area contributed by atoms with E-state index in [1.54, 1.807) is 0 Å². The Morgan fingerprint density at radius 3 is 2.00 bits per heavy atom. The van der Waals surface area contributed by atoms with Crippen LogP contribution in [0, 0.1) is 0 Å². The molecule has 1 aromatic carbocycles. The topological polar surface area (TPSA) is 69.7 Å². The van der Waals surface area contributed by atoms with Crippen LogP contribution < -0.4 is 10.6 Å². The van der Waals surface area contributed by atoms with Crippen molar-refractivity contribution < 1.29 is 10.2 Å². The van der Waals surface area contributed by atoms with E-state index < -0.39 is 0 Å². The van der Waals surface area contributed by atoms with Crippen LogP contribution in [0.25, 0.3) is 0 Å². The summed E-state index contributed by atoms with van der Waals surface area (Å²) >= 11 is 0. The minimum absolute atomic E-state index is 0.112. The number of hydrogen-bond acceptors (Lipinski definition) is 4. The van der Waals surface area contributed by atoms with E-state index in [1.165, 1.54) is 0 Å². The first kappa shape index (κ1) is 11.2. The number of nitrogen functional groups attached to an aromatic ring is 1. The molecule has 88 valence electrons. The smallest absolute Gasteiger partial charge is 0.0635 e. The van der Waals surface area contributed by atoms with Crippen molar-refractivity contribution >= 4 is 11.4 Å². The van der Waals surface area contributed by atoms with Crippen LogP contribution in [0.15, 0.2) is 24.3 Å². The van der Waals surface area contributed by atoms with E-state index in [2.05, 4.69) is 4.90 Å². The van der Waals surface area contributed by atoms with Crippen molar-refractivity contribution in [3.05, 3.63) is 24.3 Å². The van der Waals surface area contributed by atoms with Crippen LogP contribution >= 0.6 is 0 Å². The lowest BCUT2D eigenvalue weighted by Gasteiger charge is -2.30. The normalized spacial score (nSPS) is 25.0. The molecule has 0 aromatic heterocycles. The largest absolute Gasteiger partial charge is 0.399 e. The Balaban J connectivity index is 2.24. The number of benzene rings is 1. The highest BCUT2D eigenvalue weighted by Crippen LogP contribution is 2.30. The summed E-state index contributed by atoms with van der Waals surface area (Å²) in [4.78, 5) is 2.10. The molecule has 4 N–H and O–H groups in total. The minimum Gasteiger partial charge on any atom is -0.399 e. The molecule has 2 atom stereocenters. The second kappa shape index (κ2) is 4.72. The van der Waals surface area contributed by atoms with Crippen molar-refractivity contribution in [3.63, 3.8) is 0 Å². The average Bonchev–Trinajstić information content (AvgIpc) is 2.73. The van der Waals surface area contributed by atoms with Crippen LogP contribution in [0.1, 0.15) is 12.8 Å². The highest BCUT2D eigenvalue weighted by atomic mass is 16.3. The molecule has 0 bridgehead atoms. The first-order valence-corrected chi connectivity index (χ1v) is 5.62. The van der Waals surface area contributed by atoms with Gasteiger partial charge in [-0.05, 0) is 37.1 Å². The molecule has 1 fully saturated rings. The van der Waals surface area contributed by atoms with E-state index in [1.807, 2.05) is 24.3 Å². The average molecular weight is 222 g/mol. The molecule has 1 heterocycles. The van der Waals surface area contributed by atoms with E-state index >= 15 is 0 Å². The number of nitrogens with zero attached hydrogens (tertiary/aromatic N) is 1.